The van der Waals surface area contributed by atoms with E-state index in [1.54, 1.807) is 0 Å². The second-order valence-corrected chi connectivity index (χ2v) is 7.29. The topological polar surface area (TPSA) is 26.3 Å². The highest BCUT2D eigenvalue weighted by Gasteiger charge is 2.18. The number of rotatable bonds is 2. The third kappa shape index (κ3) is 7.81. The van der Waals surface area contributed by atoms with Crippen LogP contribution in [0.2, 0.25) is 0 Å². The summed E-state index contributed by atoms with van der Waals surface area (Å²) >= 11 is 0. The molecule has 0 bridgehead atoms. The Morgan fingerprint density at radius 2 is 1.67 bits per heavy atom. The fourth-order valence-electron chi connectivity index (χ4n) is 2.85. The van der Waals surface area contributed by atoms with Gasteiger partial charge in [-0.05, 0) is 57.9 Å². The van der Waals surface area contributed by atoms with Crippen LogP contribution in [0.15, 0.2) is 46.6 Å². The molecule has 0 aromatic heterocycles. The van der Waals surface area contributed by atoms with Gasteiger partial charge < -0.3 is 4.74 Å². The van der Waals surface area contributed by atoms with Crippen molar-refractivity contribution in [2.75, 3.05) is 0 Å². The van der Waals surface area contributed by atoms with Crippen molar-refractivity contribution in [3.63, 3.8) is 0 Å². The van der Waals surface area contributed by atoms with Gasteiger partial charge in [-0.2, -0.15) is 0 Å². The van der Waals surface area contributed by atoms with Crippen molar-refractivity contribution in [1.29, 1.82) is 0 Å². The minimum atomic E-state index is -0.209. The lowest BCUT2D eigenvalue weighted by Crippen LogP contribution is -2.20. The molecule has 2 nitrogen and oxygen atoms in total. The van der Waals surface area contributed by atoms with E-state index in [9.17, 15) is 4.79 Å². The molecule has 24 heavy (non-hydrogen) atoms. The summed E-state index contributed by atoms with van der Waals surface area (Å²) in [4.78, 5) is 11.5. The van der Waals surface area contributed by atoms with Crippen molar-refractivity contribution in [1.82, 2.24) is 0 Å². The molecule has 0 unspecified atom stereocenters. The van der Waals surface area contributed by atoms with E-state index in [4.69, 9.17) is 4.74 Å². The second-order valence-electron chi connectivity index (χ2n) is 7.29. The third-order valence-electron chi connectivity index (χ3n) is 4.60. The van der Waals surface area contributed by atoms with Crippen LogP contribution in [0.3, 0.4) is 0 Å². The number of hydrogen-bond donors (Lipinski definition) is 0. The van der Waals surface area contributed by atoms with Gasteiger partial charge in [0.25, 0.3) is 0 Å². The predicted octanol–water partition coefficient (Wildman–Crippen LogP) is 6.30. The Balaban J connectivity index is 3.14. The average Bonchev–Trinajstić information content (AvgIpc) is 2.48. The van der Waals surface area contributed by atoms with Crippen LogP contribution >= 0.6 is 0 Å². The summed E-state index contributed by atoms with van der Waals surface area (Å²) in [6, 6.07) is 0. The van der Waals surface area contributed by atoms with Gasteiger partial charge in [0.15, 0.2) is 0 Å². The monoisotopic (exact) mass is 330 g/mol. The normalized spacial score (nSPS) is 29.9. The average molecular weight is 331 g/mol. The molecule has 0 saturated heterocycles. The molecule has 0 aromatic carbocycles. The molecule has 0 saturated carbocycles. The van der Waals surface area contributed by atoms with Gasteiger partial charge in [0.1, 0.15) is 6.10 Å². The van der Waals surface area contributed by atoms with Crippen LogP contribution in [0, 0.1) is 5.92 Å². The summed E-state index contributed by atoms with van der Waals surface area (Å²) in [6.45, 7) is 12.4. The van der Waals surface area contributed by atoms with Crippen LogP contribution in [0.25, 0.3) is 0 Å². The van der Waals surface area contributed by atoms with Gasteiger partial charge in [0.05, 0.1) is 0 Å². The molecule has 0 radical (unpaired) electrons. The van der Waals surface area contributed by atoms with E-state index in [0.29, 0.717) is 5.92 Å². The van der Waals surface area contributed by atoms with Crippen LogP contribution in [0.1, 0.15) is 73.6 Å². The van der Waals surface area contributed by atoms with Crippen molar-refractivity contribution in [2.45, 2.75) is 79.8 Å². The van der Waals surface area contributed by atoms with Gasteiger partial charge in [-0.25, -0.2) is 0 Å². The molecule has 2 heteroatoms. The van der Waals surface area contributed by atoms with E-state index < -0.39 is 0 Å². The molecule has 0 heterocycles. The molecule has 1 aliphatic rings. The molecule has 0 amide bonds. The molecule has 1 rings (SSSR count). The summed E-state index contributed by atoms with van der Waals surface area (Å²) in [5, 5.41) is 0. The van der Waals surface area contributed by atoms with Crippen molar-refractivity contribution < 1.29 is 9.53 Å². The van der Waals surface area contributed by atoms with Crippen LogP contribution < -0.4 is 0 Å². The van der Waals surface area contributed by atoms with Gasteiger partial charge in [-0.1, -0.05) is 54.9 Å². The van der Waals surface area contributed by atoms with E-state index in [2.05, 4.69) is 58.9 Å². The summed E-state index contributed by atoms with van der Waals surface area (Å²) in [5.74, 6) is 0.231. The van der Waals surface area contributed by atoms with E-state index in [0.717, 1.165) is 37.7 Å². The Morgan fingerprint density at radius 1 is 1.04 bits per heavy atom. The summed E-state index contributed by atoms with van der Waals surface area (Å²) in [6.07, 6.45) is 13.9. The van der Waals surface area contributed by atoms with Crippen molar-refractivity contribution >= 4 is 5.97 Å². The number of hydrogen-bond acceptors (Lipinski definition) is 2. The third-order valence-corrected chi connectivity index (χ3v) is 4.60. The Bertz CT molecular complexity index is 544. The van der Waals surface area contributed by atoms with Gasteiger partial charge >= 0.3 is 5.97 Å². The highest BCUT2D eigenvalue weighted by atomic mass is 16.5. The van der Waals surface area contributed by atoms with Crippen LogP contribution in [0.4, 0.5) is 0 Å². The van der Waals surface area contributed by atoms with Gasteiger partial charge in [0.2, 0.25) is 0 Å². The molecular formula is C22H34O2. The lowest BCUT2D eigenvalue weighted by atomic mass is 9.92. The first kappa shape index (κ1) is 20.5. The van der Waals surface area contributed by atoms with Crippen LogP contribution in [0.5, 0.6) is 0 Å². The fraction of sp³-hybridized carbons (Fsp3) is 0.591. The van der Waals surface area contributed by atoms with Gasteiger partial charge in [-0.3, -0.25) is 4.79 Å². The zero-order valence-electron chi connectivity index (χ0n) is 16.3. The summed E-state index contributed by atoms with van der Waals surface area (Å²) in [5.41, 5.74) is 5.32. The van der Waals surface area contributed by atoms with Gasteiger partial charge in [-0.15, -0.1) is 0 Å². The minimum absolute atomic E-state index is 0.155. The molecule has 0 N–H and O–H groups in total. The number of carbonyl (C=O) groups is 1. The first-order chi connectivity index (χ1) is 11.3. The Labute approximate surface area is 148 Å². The number of esters is 1. The molecule has 0 aromatic rings. The molecule has 0 spiro atoms. The van der Waals surface area contributed by atoms with Crippen molar-refractivity contribution in [3.8, 4) is 0 Å². The quantitative estimate of drug-likeness (QED) is 0.438. The summed E-state index contributed by atoms with van der Waals surface area (Å²) in [7, 11) is 0. The number of allylic oxidation sites excluding steroid dienone is 6. The lowest BCUT2D eigenvalue weighted by Gasteiger charge is -2.22. The Kier molecular flexibility index (Phi) is 8.81. The lowest BCUT2D eigenvalue weighted by molar-refractivity contribution is -0.144. The smallest absolute Gasteiger partial charge is 0.303 e. The van der Waals surface area contributed by atoms with Crippen molar-refractivity contribution in [2.24, 2.45) is 5.92 Å². The number of carbonyl (C=O) groups excluding carboxylic acids is 1. The second kappa shape index (κ2) is 10.3. The summed E-state index contributed by atoms with van der Waals surface area (Å²) < 4.78 is 5.61. The van der Waals surface area contributed by atoms with Crippen molar-refractivity contribution in [3.05, 3.63) is 46.6 Å². The molecule has 0 fully saturated rings. The Morgan fingerprint density at radius 3 is 2.29 bits per heavy atom. The van der Waals surface area contributed by atoms with E-state index >= 15 is 0 Å². The first-order valence-electron chi connectivity index (χ1n) is 9.15. The molecule has 1 aliphatic carbocycles. The number of ether oxygens (including phenoxy) is 1. The highest BCUT2D eigenvalue weighted by molar-refractivity contribution is 5.66. The highest BCUT2D eigenvalue weighted by Crippen LogP contribution is 2.24. The van der Waals surface area contributed by atoms with E-state index in [-0.39, 0.29) is 12.1 Å². The molecule has 0 aliphatic heterocycles. The Hall–Kier alpha value is -1.57. The van der Waals surface area contributed by atoms with E-state index in [1.165, 1.54) is 23.6 Å². The molecule has 134 valence electrons. The zero-order valence-corrected chi connectivity index (χ0v) is 16.3. The SMILES string of the molecule is CC(=O)O[C@H]1C/C(C(C)C)=C\C=C(/C)CC/C=C(\C)CC/C=C/1C. The van der Waals surface area contributed by atoms with E-state index in [1.807, 2.05) is 0 Å². The standard InChI is InChI=1S/C22H34O2/c1-16(2)21-14-13-18(4)10-7-9-17(3)11-8-12-19(5)22(15-21)24-20(6)23/h9,12-14,16,22H,7-8,10-11,15H2,1-6H3/b17-9+,18-13+,19-12+,21-14+/t22-/m0/s1. The molecular weight excluding hydrogens is 296 g/mol. The maximum Gasteiger partial charge on any atom is 0.303 e. The first-order valence-corrected chi connectivity index (χ1v) is 9.15. The maximum absolute atomic E-state index is 11.5. The largest absolute Gasteiger partial charge is 0.458 e. The molecule has 1 atom stereocenters. The predicted molar refractivity (Wildman–Crippen MR) is 103 cm³/mol. The zero-order chi connectivity index (χ0) is 18.1. The van der Waals surface area contributed by atoms with Gasteiger partial charge in [0, 0.05) is 13.3 Å². The minimum Gasteiger partial charge on any atom is -0.458 e. The maximum atomic E-state index is 11.5. The fourth-order valence-corrected chi connectivity index (χ4v) is 2.85. The van der Waals surface area contributed by atoms with Crippen LogP contribution in [-0.2, 0) is 9.53 Å². The van der Waals surface area contributed by atoms with Crippen LogP contribution in [-0.4, -0.2) is 12.1 Å².